The second-order valence-corrected chi connectivity index (χ2v) is 12.1. The quantitative estimate of drug-likeness (QED) is 0.145. The topological polar surface area (TPSA) is 61.8 Å². The molecule has 0 aliphatic rings. The zero-order valence-electron chi connectivity index (χ0n) is 23.5. The number of unbranched alkanes of at least 4 members (excludes halogenated alkanes) is 2. The summed E-state index contributed by atoms with van der Waals surface area (Å²) >= 11 is 0. The Labute approximate surface area is 238 Å². The molecule has 0 heterocycles. The zero-order chi connectivity index (χ0) is 28.4. The van der Waals surface area contributed by atoms with Crippen LogP contribution in [0.3, 0.4) is 0 Å². The first-order chi connectivity index (χ1) is 19.4. The van der Waals surface area contributed by atoms with Crippen LogP contribution in [0.2, 0.25) is 0 Å². The molecule has 0 spiro atoms. The Balaban J connectivity index is 1.55. The number of para-hydroxylation sites is 1. The summed E-state index contributed by atoms with van der Waals surface area (Å²) < 4.78 is 45.0. The van der Waals surface area contributed by atoms with Gasteiger partial charge in [0.25, 0.3) is 0 Å². The van der Waals surface area contributed by atoms with Crippen LogP contribution < -0.4 is 14.2 Å². The van der Waals surface area contributed by atoms with E-state index in [9.17, 15) is 8.42 Å². The SMILES string of the molecule is COc1ccc(S(=O)(=O)C(c2ccc(Oc3ccccc3)cc2)C(C)CCCCCc2ccccc2)cc1OC. The molecule has 0 aliphatic heterocycles. The van der Waals surface area contributed by atoms with Gasteiger partial charge in [0.1, 0.15) is 11.5 Å². The monoisotopic (exact) mass is 558 g/mol. The van der Waals surface area contributed by atoms with Crippen LogP contribution in [-0.4, -0.2) is 22.6 Å². The third-order valence-electron chi connectivity index (χ3n) is 7.19. The van der Waals surface area contributed by atoms with Gasteiger partial charge in [0, 0.05) is 6.07 Å². The average molecular weight is 559 g/mol. The van der Waals surface area contributed by atoms with E-state index >= 15 is 0 Å². The van der Waals surface area contributed by atoms with Crippen molar-refractivity contribution in [3.8, 4) is 23.0 Å². The predicted octanol–water partition coefficient (Wildman–Crippen LogP) is 8.45. The Bertz CT molecular complexity index is 1440. The molecule has 6 heteroatoms. The summed E-state index contributed by atoms with van der Waals surface area (Å²) in [5.41, 5.74) is 2.08. The summed E-state index contributed by atoms with van der Waals surface area (Å²) in [6.45, 7) is 2.04. The van der Waals surface area contributed by atoms with Crippen molar-refractivity contribution < 1.29 is 22.6 Å². The Morgan fingerprint density at radius 2 is 1.30 bits per heavy atom. The summed E-state index contributed by atoms with van der Waals surface area (Å²) in [4.78, 5) is 0.218. The largest absolute Gasteiger partial charge is 0.493 e. The molecule has 40 heavy (non-hydrogen) atoms. The lowest BCUT2D eigenvalue weighted by Gasteiger charge is -2.25. The third kappa shape index (κ3) is 7.45. The van der Waals surface area contributed by atoms with Gasteiger partial charge in [0.15, 0.2) is 21.3 Å². The van der Waals surface area contributed by atoms with E-state index in [4.69, 9.17) is 14.2 Å². The highest BCUT2D eigenvalue weighted by atomic mass is 32.2. The maximum absolute atomic E-state index is 14.2. The highest BCUT2D eigenvalue weighted by Gasteiger charge is 2.34. The van der Waals surface area contributed by atoms with Crippen molar-refractivity contribution in [3.63, 3.8) is 0 Å². The number of aryl methyl sites for hydroxylation is 1. The Morgan fingerprint density at radius 1 is 0.675 bits per heavy atom. The standard InChI is InChI=1S/C34H38O5S/c1-26(13-7-4-8-14-27-15-9-5-10-16-27)34(40(35,36)31-23-24-32(37-2)33(25-31)38-3)28-19-21-30(22-20-28)39-29-17-11-6-12-18-29/h5-6,9-12,15-26,34H,4,7-8,13-14H2,1-3H3. The van der Waals surface area contributed by atoms with E-state index in [-0.39, 0.29) is 10.8 Å². The zero-order valence-corrected chi connectivity index (χ0v) is 24.3. The van der Waals surface area contributed by atoms with Crippen LogP contribution in [0.15, 0.2) is 108 Å². The fourth-order valence-corrected chi connectivity index (χ4v) is 7.16. The number of ether oxygens (including phenoxy) is 3. The molecule has 0 fully saturated rings. The van der Waals surface area contributed by atoms with Gasteiger partial charge in [-0.15, -0.1) is 0 Å². The van der Waals surface area contributed by atoms with Crippen molar-refractivity contribution in [2.75, 3.05) is 14.2 Å². The molecule has 0 saturated carbocycles. The molecule has 2 unspecified atom stereocenters. The van der Waals surface area contributed by atoms with Crippen LogP contribution in [-0.2, 0) is 16.3 Å². The first-order valence-electron chi connectivity index (χ1n) is 13.7. The smallest absolute Gasteiger partial charge is 0.185 e. The maximum atomic E-state index is 14.2. The second kappa shape index (κ2) is 14.0. The number of hydrogen-bond donors (Lipinski definition) is 0. The molecule has 0 amide bonds. The van der Waals surface area contributed by atoms with E-state index < -0.39 is 15.1 Å². The molecule has 5 nitrogen and oxygen atoms in total. The van der Waals surface area contributed by atoms with Gasteiger partial charge in [-0.25, -0.2) is 8.42 Å². The van der Waals surface area contributed by atoms with Crippen LogP contribution in [0.4, 0.5) is 0 Å². The summed E-state index contributed by atoms with van der Waals surface area (Å²) in [6, 6.07) is 32.2. The lowest BCUT2D eigenvalue weighted by atomic mass is 9.94. The minimum atomic E-state index is -3.74. The molecule has 0 bridgehead atoms. The number of hydrogen-bond acceptors (Lipinski definition) is 5. The molecule has 2 atom stereocenters. The van der Waals surface area contributed by atoms with E-state index in [1.54, 1.807) is 18.2 Å². The summed E-state index contributed by atoms with van der Waals surface area (Å²) in [5.74, 6) is 2.17. The predicted molar refractivity (Wildman–Crippen MR) is 160 cm³/mol. The number of methoxy groups -OCH3 is 2. The van der Waals surface area contributed by atoms with E-state index in [0.29, 0.717) is 17.2 Å². The van der Waals surface area contributed by atoms with Gasteiger partial charge >= 0.3 is 0 Å². The lowest BCUT2D eigenvalue weighted by molar-refractivity contribution is 0.353. The highest BCUT2D eigenvalue weighted by molar-refractivity contribution is 7.91. The molecule has 4 aromatic carbocycles. The van der Waals surface area contributed by atoms with E-state index in [2.05, 4.69) is 24.3 Å². The van der Waals surface area contributed by atoms with Crippen LogP contribution in [0, 0.1) is 5.92 Å². The van der Waals surface area contributed by atoms with Gasteiger partial charge in [0.05, 0.1) is 24.4 Å². The molecule has 4 rings (SSSR count). The number of sulfone groups is 1. The van der Waals surface area contributed by atoms with E-state index in [1.807, 2.05) is 67.6 Å². The van der Waals surface area contributed by atoms with Crippen molar-refractivity contribution in [3.05, 3.63) is 114 Å². The fourth-order valence-electron chi connectivity index (χ4n) is 5.07. The molecule has 0 radical (unpaired) electrons. The molecule has 0 N–H and O–H groups in total. The van der Waals surface area contributed by atoms with E-state index in [0.717, 1.165) is 43.4 Å². The average Bonchev–Trinajstić information content (AvgIpc) is 2.98. The summed E-state index contributed by atoms with van der Waals surface area (Å²) in [5, 5.41) is -0.717. The third-order valence-corrected chi connectivity index (χ3v) is 9.51. The minimum absolute atomic E-state index is 0.101. The van der Waals surface area contributed by atoms with Gasteiger partial charge in [-0.1, -0.05) is 80.4 Å². The van der Waals surface area contributed by atoms with Crippen molar-refractivity contribution in [2.45, 2.75) is 49.2 Å². The van der Waals surface area contributed by atoms with Gasteiger partial charge in [-0.3, -0.25) is 0 Å². The minimum Gasteiger partial charge on any atom is -0.493 e. The van der Waals surface area contributed by atoms with Crippen LogP contribution in [0.1, 0.15) is 49.0 Å². The van der Waals surface area contributed by atoms with Gasteiger partial charge in [-0.05, 0) is 72.7 Å². The lowest BCUT2D eigenvalue weighted by Crippen LogP contribution is -2.21. The Kier molecular flexibility index (Phi) is 10.3. The first-order valence-corrected chi connectivity index (χ1v) is 15.3. The number of rotatable bonds is 14. The van der Waals surface area contributed by atoms with Gasteiger partial charge < -0.3 is 14.2 Å². The Morgan fingerprint density at radius 3 is 1.95 bits per heavy atom. The highest BCUT2D eigenvalue weighted by Crippen LogP contribution is 2.40. The fraction of sp³-hybridized carbons (Fsp3) is 0.294. The number of benzene rings is 4. The molecule has 210 valence electrons. The van der Waals surface area contributed by atoms with Crippen LogP contribution in [0.5, 0.6) is 23.0 Å². The van der Waals surface area contributed by atoms with Crippen molar-refractivity contribution in [2.24, 2.45) is 5.92 Å². The second-order valence-electron chi connectivity index (χ2n) is 10.0. The molecule has 0 saturated heterocycles. The summed E-state index contributed by atoms with van der Waals surface area (Å²) in [6.07, 6.45) is 4.92. The van der Waals surface area contributed by atoms with Crippen molar-refractivity contribution >= 4 is 9.84 Å². The summed E-state index contributed by atoms with van der Waals surface area (Å²) in [7, 11) is -0.700. The molecule has 4 aromatic rings. The first kappa shape index (κ1) is 29.2. The van der Waals surface area contributed by atoms with Crippen LogP contribution in [0.25, 0.3) is 0 Å². The molecule has 0 aromatic heterocycles. The molecule has 0 aliphatic carbocycles. The van der Waals surface area contributed by atoms with E-state index in [1.165, 1.54) is 19.8 Å². The van der Waals surface area contributed by atoms with Gasteiger partial charge in [-0.2, -0.15) is 0 Å². The molecular formula is C34H38O5S. The Hall–Kier alpha value is -3.77. The van der Waals surface area contributed by atoms with Crippen LogP contribution >= 0.6 is 0 Å². The van der Waals surface area contributed by atoms with Gasteiger partial charge in [0.2, 0.25) is 0 Å². The maximum Gasteiger partial charge on any atom is 0.185 e. The van der Waals surface area contributed by atoms with Crippen molar-refractivity contribution in [1.29, 1.82) is 0 Å². The van der Waals surface area contributed by atoms with Crippen molar-refractivity contribution in [1.82, 2.24) is 0 Å². The molecular weight excluding hydrogens is 520 g/mol. The normalized spacial score (nSPS) is 12.9.